The Morgan fingerprint density at radius 2 is 2.00 bits per heavy atom. The lowest BCUT2D eigenvalue weighted by molar-refractivity contribution is 0.779. The van der Waals surface area contributed by atoms with Crippen LogP contribution in [0.3, 0.4) is 0 Å². The lowest BCUT2D eigenvalue weighted by atomic mass is 9.96. The van der Waals surface area contributed by atoms with Crippen LogP contribution in [0, 0.1) is 6.92 Å². The van der Waals surface area contributed by atoms with Gasteiger partial charge in [0.25, 0.3) is 0 Å². The Bertz CT molecular complexity index is 585. The first-order chi connectivity index (χ1) is 8.41. The van der Waals surface area contributed by atoms with Gasteiger partial charge < -0.3 is 5.73 Å². The van der Waals surface area contributed by atoms with E-state index < -0.39 is 0 Å². The van der Waals surface area contributed by atoms with Crippen LogP contribution in [0.15, 0.2) is 18.2 Å². The minimum atomic E-state index is 0.326. The summed E-state index contributed by atoms with van der Waals surface area (Å²) in [5, 5.41) is 5.25. The molecule has 1 aromatic carbocycles. The lowest BCUT2D eigenvalue weighted by Gasteiger charge is -2.09. The van der Waals surface area contributed by atoms with Crippen molar-refractivity contribution >= 4 is 17.4 Å². The van der Waals surface area contributed by atoms with Gasteiger partial charge in [-0.1, -0.05) is 31.5 Å². The van der Waals surface area contributed by atoms with E-state index in [0.29, 0.717) is 5.92 Å². The summed E-state index contributed by atoms with van der Waals surface area (Å²) in [7, 11) is 1.87. The van der Waals surface area contributed by atoms with Gasteiger partial charge in [0.15, 0.2) is 0 Å². The number of benzene rings is 1. The number of halogens is 1. The monoisotopic (exact) mass is 263 g/mol. The number of aryl methyl sites for hydroxylation is 2. The van der Waals surface area contributed by atoms with Crippen molar-refractivity contribution in [2.24, 2.45) is 7.05 Å². The zero-order chi connectivity index (χ0) is 13.4. The molecular formula is C14H18ClN3. The second-order valence-corrected chi connectivity index (χ2v) is 5.32. The quantitative estimate of drug-likeness (QED) is 0.897. The van der Waals surface area contributed by atoms with Crippen LogP contribution in [0.4, 0.5) is 5.82 Å². The second kappa shape index (κ2) is 4.65. The molecular weight excluding hydrogens is 246 g/mol. The Hall–Kier alpha value is -1.48. The molecule has 0 fully saturated rings. The molecule has 0 atom stereocenters. The standard InChI is InChI=1S/C14H18ClN3/c1-8(2)12-13(17-18(4)14(12)16)11-7-10(15)6-5-9(11)3/h5-8H,16H2,1-4H3. The van der Waals surface area contributed by atoms with Crippen molar-refractivity contribution in [1.29, 1.82) is 0 Å². The van der Waals surface area contributed by atoms with Gasteiger partial charge in [0.1, 0.15) is 5.82 Å². The van der Waals surface area contributed by atoms with Crippen LogP contribution in [-0.2, 0) is 7.05 Å². The average molecular weight is 264 g/mol. The molecule has 0 spiro atoms. The molecule has 96 valence electrons. The largest absolute Gasteiger partial charge is 0.384 e. The smallest absolute Gasteiger partial charge is 0.125 e. The minimum Gasteiger partial charge on any atom is -0.384 e. The van der Waals surface area contributed by atoms with Gasteiger partial charge in [-0.3, -0.25) is 4.68 Å². The van der Waals surface area contributed by atoms with Gasteiger partial charge >= 0.3 is 0 Å². The molecule has 0 saturated carbocycles. The number of aromatic nitrogens is 2. The summed E-state index contributed by atoms with van der Waals surface area (Å²) in [5.74, 6) is 1.05. The predicted octanol–water partition coefficient (Wildman–Crippen LogP) is 3.75. The number of nitrogens with two attached hydrogens (primary N) is 1. The number of anilines is 1. The predicted molar refractivity (Wildman–Crippen MR) is 76.9 cm³/mol. The molecule has 0 unspecified atom stereocenters. The van der Waals surface area contributed by atoms with Gasteiger partial charge in [-0.25, -0.2) is 0 Å². The van der Waals surface area contributed by atoms with Gasteiger partial charge in [-0.05, 0) is 30.5 Å². The normalized spacial score (nSPS) is 11.2. The molecule has 0 saturated heterocycles. The third kappa shape index (κ3) is 2.10. The first-order valence-corrected chi connectivity index (χ1v) is 6.38. The molecule has 0 aliphatic heterocycles. The number of nitrogen functional groups attached to an aromatic ring is 1. The zero-order valence-electron chi connectivity index (χ0n) is 11.2. The summed E-state index contributed by atoms with van der Waals surface area (Å²) in [6, 6.07) is 5.85. The first kappa shape index (κ1) is 13.0. The number of hydrogen-bond acceptors (Lipinski definition) is 2. The van der Waals surface area contributed by atoms with Crippen LogP contribution in [-0.4, -0.2) is 9.78 Å². The maximum atomic E-state index is 6.10. The second-order valence-electron chi connectivity index (χ2n) is 4.89. The molecule has 0 aliphatic carbocycles. The van der Waals surface area contributed by atoms with E-state index in [1.54, 1.807) is 4.68 Å². The van der Waals surface area contributed by atoms with Gasteiger partial charge in [0, 0.05) is 23.2 Å². The zero-order valence-corrected chi connectivity index (χ0v) is 11.9. The number of rotatable bonds is 2. The highest BCUT2D eigenvalue weighted by Gasteiger charge is 2.19. The number of hydrogen-bond donors (Lipinski definition) is 1. The van der Waals surface area contributed by atoms with Gasteiger partial charge in [0.2, 0.25) is 0 Å². The Kier molecular flexibility index (Phi) is 3.35. The van der Waals surface area contributed by atoms with Crippen molar-refractivity contribution in [1.82, 2.24) is 9.78 Å². The number of nitrogens with zero attached hydrogens (tertiary/aromatic N) is 2. The third-order valence-electron chi connectivity index (χ3n) is 3.16. The van der Waals surface area contributed by atoms with Crippen LogP contribution in [0.5, 0.6) is 0 Å². The van der Waals surface area contributed by atoms with Crippen molar-refractivity contribution in [2.45, 2.75) is 26.7 Å². The highest BCUT2D eigenvalue weighted by Crippen LogP contribution is 2.35. The maximum absolute atomic E-state index is 6.10. The molecule has 2 aromatic rings. The first-order valence-electron chi connectivity index (χ1n) is 6.00. The van der Waals surface area contributed by atoms with E-state index in [2.05, 4.69) is 25.9 Å². The molecule has 0 amide bonds. The van der Waals surface area contributed by atoms with E-state index in [-0.39, 0.29) is 0 Å². The summed E-state index contributed by atoms with van der Waals surface area (Å²) in [4.78, 5) is 0. The molecule has 3 nitrogen and oxygen atoms in total. The summed E-state index contributed by atoms with van der Waals surface area (Å²) in [5.41, 5.74) is 10.3. The Labute approximate surface area is 113 Å². The van der Waals surface area contributed by atoms with E-state index in [0.717, 1.165) is 33.2 Å². The molecule has 0 bridgehead atoms. The highest BCUT2D eigenvalue weighted by molar-refractivity contribution is 6.30. The molecule has 0 aliphatic rings. The van der Waals surface area contributed by atoms with Crippen LogP contribution in [0.25, 0.3) is 11.3 Å². The Balaban J connectivity index is 2.71. The fraction of sp³-hybridized carbons (Fsp3) is 0.357. The maximum Gasteiger partial charge on any atom is 0.125 e. The van der Waals surface area contributed by atoms with E-state index in [1.807, 2.05) is 25.2 Å². The average Bonchev–Trinajstić information content (AvgIpc) is 2.59. The van der Waals surface area contributed by atoms with E-state index in [4.69, 9.17) is 17.3 Å². The van der Waals surface area contributed by atoms with Gasteiger partial charge in [0.05, 0.1) is 5.69 Å². The van der Waals surface area contributed by atoms with Crippen molar-refractivity contribution in [2.75, 3.05) is 5.73 Å². The third-order valence-corrected chi connectivity index (χ3v) is 3.40. The molecule has 1 aromatic heterocycles. The van der Waals surface area contributed by atoms with Crippen molar-refractivity contribution in [3.63, 3.8) is 0 Å². The van der Waals surface area contributed by atoms with Crippen molar-refractivity contribution in [3.05, 3.63) is 34.3 Å². The van der Waals surface area contributed by atoms with Crippen LogP contribution in [0.1, 0.15) is 30.9 Å². The van der Waals surface area contributed by atoms with Crippen LogP contribution in [0.2, 0.25) is 5.02 Å². The summed E-state index contributed by atoms with van der Waals surface area (Å²) in [6.07, 6.45) is 0. The molecule has 18 heavy (non-hydrogen) atoms. The lowest BCUT2D eigenvalue weighted by Crippen LogP contribution is -2.00. The summed E-state index contributed by atoms with van der Waals surface area (Å²) in [6.45, 7) is 6.30. The molecule has 2 N–H and O–H groups in total. The minimum absolute atomic E-state index is 0.326. The van der Waals surface area contributed by atoms with Gasteiger partial charge in [-0.2, -0.15) is 5.10 Å². The Morgan fingerprint density at radius 3 is 2.61 bits per heavy atom. The fourth-order valence-corrected chi connectivity index (χ4v) is 2.34. The van der Waals surface area contributed by atoms with Crippen molar-refractivity contribution in [3.8, 4) is 11.3 Å². The van der Waals surface area contributed by atoms with E-state index in [1.165, 1.54) is 0 Å². The Morgan fingerprint density at radius 1 is 1.33 bits per heavy atom. The van der Waals surface area contributed by atoms with E-state index >= 15 is 0 Å². The molecule has 4 heteroatoms. The van der Waals surface area contributed by atoms with Crippen LogP contribution < -0.4 is 5.73 Å². The fourth-order valence-electron chi connectivity index (χ4n) is 2.17. The van der Waals surface area contributed by atoms with Crippen molar-refractivity contribution < 1.29 is 0 Å². The van der Waals surface area contributed by atoms with E-state index in [9.17, 15) is 0 Å². The SMILES string of the molecule is Cc1ccc(Cl)cc1-c1nn(C)c(N)c1C(C)C. The molecule has 2 rings (SSSR count). The molecule has 1 heterocycles. The topological polar surface area (TPSA) is 43.8 Å². The van der Waals surface area contributed by atoms with Crippen LogP contribution >= 0.6 is 11.6 Å². The highest BCUT2D eigenvalue weighted by atomic mass is 35.5. The van der Waals surface area contributed by atoms with Gasteiger partial charge in [-0.15, -0.1) is 0 Å². The summed E-state index contributed by atoms with van der Waals surface area (Å²) < 4.78 is 1.73. The summed E-state index contributed by atoms with van der Waals surface area (Å²) >= 11 is 6.08. The molecule has 0 radical (unpaired) electrons.